The maximum absolute atomic E-state index is 12.9. The van der Waals surface area contributed by atoms with Gasteiger partial charge < -0.3 is 9.88 Å². The Morgan fingerprint density at radius 1 is 1.16 bits per heavy atom. The summed E-state index contributed by atoms with van der Waals surface area (Å²) in [5, 5.41) is 0. The zero-order valence-electron chi connectivity index (χ0n) is 14.0. The van der Waals surface area contributed by atoms with E-state index in [-0.39, 0.29) is 11.5 Å². The summed E-state index contributed by atoms with van der Waals surface area (Å²) in [6.45, 7) is 4.44. The molecular weight excluding hydrogens is 336 g/mol. The molecule has 3 rings (SSSR count). The fourth-order valence-corrected chi connectivity index (χ4v) is 3.36. The van der Waals surface area contributed by atoms with Crippen LogP contribution in [0.5, 0.6) is 0 Å². The Kier molecular flexibility index (Phi) is 5.04. The van der Waals surface area contributed by atoms with E-state index < -0.39 is 5.56 Å². The summed E-state index contributed by atoms with van der Waals surface area (Å²) in [5.41, 5.74) is 0.376. The molecule has 7 heteroatoms. The molecule has 0 saturated heterocycles. The number of amides is 1. The first-order valence-electron chi connectivity index (χ1n) is 7.83. The molecular formula is C18H18N4O2S. The predicted molar refractivity (Wildman–Crippen MR) is 96.5 cm³/mol. The Bertz CT molecular complexity index is 934. The van der Waals surface area contributed by atoms with Crippen LogP contribution in [-0.2, 0) is 13.1 Å². The van der Waals surface area contributed by atoms with Crippen LogP contribution in [-0.4, -0.2) is 25.8 Å². The van der Waals surface area contributed by atoms with E-state index in [2.05, 4.69) is 15.0 Å². The van der Waals surface area contributed by atoms with Crippen LogP contribution in [0.3, 0.4) is 0 Å². The number of pyridine rings is 1. The second-order valence-corrected chi connectivity index (χ2v) is 7.08. The number of nitrogens with zero attached hydrogens (tertiary/aromatic N) is 3. The molecule has 0 spiro atoms. The van der Waals surface area contributed by atoms with E-state index in [1.165, 1.54) is 11.1 Å². The van der Waals surface area contributed by atoms with Crippen molar-refractivity contribution in [3.63, 3.8) is 0 Å². The zero-order valence-corrected chi connectivity index (χ0v) is 14.8. The minimum absolute atomic E-state index is 0.0369. The maximum Gasteiger partial charge on any atom is 0.263 e. The number of H-pyrrole nitrogens is 1. The quantitative estimate of drug-likeness (QED) is 0.764. The highest BCUT2D eigenvalue weighted by Crippen LogP contribution is 2.19. The molecule has 3 heterocycles. The first-order chi connectivity index (χ1) is 12.0. The van der Waals surface area contributed by atoms with Crippen molar-refractivity contribution in [1.82, 2.24) is 19.9 Å². The van der Waals surface area contributed by atoms with Crippen molar-refractivity contribution in [1.29, 1.82) is 0 Å². The van der Waals surface area contributed by atoms with Crippen molar-refractivity contribution in [2.75, 3.05) is 0 Å². The molecule has 0 bridgehead atoms. The summed E-state index contributed by atoms with van der Waals surface area (Å²) in [5.74, 6) is 0.122. The van der Waals surface area contributed by atoms with Crippen LogP contribution in [0.25, 0.3) is 0 Å². The Balaban J connectivity index is 1.91. The average Bonchev–Trinajstić information content (AvgIpc) is 3.00. The largest absolute Gasteiger partial charge is 0.327 e. The van der Waals surface area contributed by atoms with Gasteiger partial charge in [0, 0.05) is 22.1 Å². The molecule has 1 N–H and O–H groups in total. The summed E-state index contributed by atoms with van der Waals surface area (Å²) in [4.78, 5) is 39.8. The second-order valence-electron chi connectivity index (χ2n) is 5.71. The van der Waals surface area contributed by atoms with E-state index in [1.54, 1.807) is 29.4 Å². The van der Waals surface area contributed by atoms with Crippen LogP contribution in [0.15, 0.2) is 47.5 Å². The van der Waals surface area contributed by atoms with Crippen LogP contribution in [0, 0.1) is 13.8 Å². The minimum Gasteiger partial charge on any atom is -0.327 e. The van der Waals surface area contributed by atoms with Crippen molar-refractivity contribution >= 4 is 17.2 Å². The van der Waals surface area contributed by atoms with E-state index in [1.807, 2.05) is 37.3 Å². The normalized spacial score (nSPS) is 10.6. The molecule has 3 aromatic heterocycles. The smallest absolute Gasteiger partial charge is 0.263 e. The number of rotatable bonds is 5. The number of aryl methyl sites for hydroxylation is 2. The predicted octanol–water partition coefficient (Wildman–Crippen LogP) is 2.69. The van der Waals surface area contributed by atoms with E-state index in [0.29, 0.717) is 18.9 Å². The van der Waals surface area contributed by atoms with Gasteiger partial charge in [0.1, 0.15) is 11.4 Å². The Morgan fingerprint density at radius 3 is 2.64 bits per heavy atom. The highest BCUT2D eigenvalue weighted by atomic mass is 32.1. The van der Waals surface area contributed by atoms with Gasteiger partial charge in [-0.15, -0.1) is 11.3 Å². The van der Waals surface area contributed by atoms with Crippen molar-refractivity contribution < 1.29 is 4.79 Å². The molecule has 0 fully saturated rings. The number of aromatic amines is 1. The van der Waals surface area contributed by atoms with E-state index in [0.717, 1.165) is 10.6 Å². The molecule has 0 atom stereocenters. The fourth-order valence-electron chi connectivity index (χ4n) is 2.45. The lowest BCUT2D eigenvalue weighted by Gasteiger charge is -2.21. The second kappa shape index (κ2) is 7.40. The summed E-state index contributed by atoms with van der Waals surface area (Å²) in [7, 11) is 0. The first kappa shape index (κ1) is 17.0. The van der Waals surface area contributed by atoms with E-state index in [9.17, 15) is 9.59 Å². The third-order valence-corrected chi connectivity index (χ3v) is 4.65. The van der Waals surface area contributed by atoms with E-state index >= 15 is 0 Å². The topological polar surface area (TPSA) is 79.0 Å². The van der Waals surface area contributed by atoms with Crippen molar-refractivity contribution in [2.45, 2.75) is 26.9 Å². The molecule has 0 unspecified atom stereocenters. The van der Waals surface area contributed by atoms with Crippen molar-refractivity contribution in [2.24, 2.45) is 0 Å². The Labute approximate surface area is 149 Å². The van der Waals surface area contributed by atoms with Gasteiger partial charge in [-0.25, -0.2) is 4.98 Å². The Hall–Kier alpha value is -2.80. The van der Waals surface area contributed by atoms with Crippen LogP contribution >= 0.6 is 11.3 Å². The fraction of sp³-hybridized carbons (Fsp3) is 0.222. The molecule has 0 radical (unpaired) electrons. The molecule has 6 nitrogen and oxygen atoms in total. The molecule has 0 aliphatic carbocycles. The number of nitrogens with one attached hydrogen (secondary N) is 1. The molecule has 128 valence electrons. The lowest BCUT2D eigenvalue weighted by atomic mass is 10.2. The van der Waals surface area contributed by atoms with Gasteiger partial charge in [0.2, 0.25) is 0 Å². The summed E-state index contributed by atoms with van der Waals surface area (Å²) in [6, 6.07) is 9.57. The van der Waals surface area contributed by atoms with Gasteiger partial charge in [-0.1, -0.05) is 6.07 Å². The Morgan fingerprint density at radius 2 is 2.00 bits per heavy atom. The lowest BCUT2D eigenvalue weighted by molar-refractivity contribution is 0.0727. The van der Waals surface area contributed by atoms with E-state index in [4.69, 9.17) is 0 Å². The molecule has 0 aliphatic rings. The van der Waals surface area contributed by atoms with Gasteiger partial charge in [-0.3, -0.25) is 14.6 Å². The molecule has 0 aliphatic heterocycles. The molecule has 0 saturated carbocycles. The summed E-state index contributed by atoms with van der Waals surface area (Å²) < 4.78 is 0. The highest BCUT2D eigenvalue weighted by Gasteiger charge is 2.21. The lowest BCUT2D eigenvalue weighted by Crippen LogP contribution is -2.34. The van der Waals surface area contributed by atoms with Gasteiger partial charge in [0.15, 0.2) is 0 Å². The third kappa shape index (κ3) is 4.19. The molecule has 3 aromatic rings. The molecule has 1 amide bonds. The monoisotopic (exact) mass is 354 g/mol. The maximum atomic E-state index is 12.9. The number of carbonyl (C=O) groups excluding carboxylic acids is 1. The number of carbonyl (C=O) groups is 1. The standard InChI is InChI=1S/C18H18N4O2S/c1-12-6-7-15(25-12)11-22(10-14-5-3-4-8-19-14)18(24)16-9-20-13(2)21-17(16)23/h3-9H,10-11H2,1-2H3,(H,20,21,23). The number of thiophene rings is 1. The SMILES string of the molecule is Cc1ncc(C(=O)N(Cc2ccccn2)Cc2ccc(C)s2)c(=O)[nH]1. The number of aromatic nitrogens is 3. The first-order valence-corrected chi connectivity index (χ1v) is 8.65. The van der Waals surface area contributed by atoms with Gasteiger partial charge in [0.25, 0.3) is 11.5 Å². The van der Waals surface area contributed by atoms with Crippen LogP contribution < -0.4 is 5.56 Å². The van der Waals surface area contributed by atoms with Crippen molar-refractivity contribution in [3.05, 3.63) is 79.9 Å². The van der Waals surface area contributed by atoms with Gasteiger partial charge in [-0.2, -0.15) is 0 Å². The van der Waals surface area contributed by atoms with Crippen molar-refractivity contribution in [3.8, 4) is 0 Å². The number of hydrogen-bond donors (Lipinski definition) is 1. The van der Waals surface area contributed by atoms with Gasteiger partial charge >= 0.3 is 0 Å². The highest BCUT2D eigenvalue weighted by molar-refractivity contribution is 7.11. The minimum atomic E-state index is -0.425. The third-order valence-electron chi connectivity index (χ3n) is 3.67. The van der Waals surface area contributed by atoms with Crippen LogP contribution in [0.2, 0.25) is 0 Å². The molecule has 0 aromatic carbocycles. The van der Waals surface area contributed by atoms with Gasteiger partial charge in [0.05, 0.1) is 18.8 Å². The van der Waals surface area contributed by atoms with Crippen LogP contribution in [0.4, 0.5) is 0 Å². The number of hydrogen-bond acceptors (Lipinski definition) is 5. The van der Waals surface area contributed by atoms with Gasteiger partial charge in [-0.05, 0) is 38.1 Å². The zero-order chi connectivity index (χ0) is 17.8. The summed E-state index contributed by atoms with van der Waals surface area (Å²) >= 11 is 1.63. The van der Waals surface area contributed by atoms with Crippen LogP contribution in [0.1, 0.15) is 31.6 Å². The summed E-state index contributed by atoms with van der Waals surface area (Å²) in [6.07, 6.45) is 3.02. The average molecular weight is 354 g/mol. The molecule has 25 heavy (non-hydrogen) atoms.